The summed E-state index contributed by atoms with van der Waals surface area (Å²) in [5.74, 6) is 0.0639. The van der Waals surface area contributed by atoms with E-state index in [1.807, 2.05) is 6.92 Å². The Kier molecular flexibility index (Phi) is 5.53. The van der Waals surface area contributed by atoms with Gasteiger partial charge in [-0.3, -0.25) is 14.9 Å². The van der Waals surface area contributed by atoms with Crippen molar-refractivity contribution >= 4 is 11.6 Å². The summed E-state index contributed by atoms with van der Waals surface area (Å²) in [6.45, 7) is 6.36. The van der Waals surface area contributed by atoms with Crippen LogP contribution in [0.15, 0.2) is 36.5 Å². The van der Waals surface area contributed by atoms with E-state index in [2.05, 4.69) is 24.3 Å². The van der Waals surface area contributed by atoms with Crippen molar-refractivity contribution in [1.82, 2.24) is 15.1 Å². The minimum Gasteiger partial charge on any atom is -0.344 e. The number of rotatable bonds is 7. The lowest BCUT2D eigenvalue weighted by molar-refractivity contribution is -0.384. The van der Waals surface area contributed by atoms with Crippen LogP contribution in [0.4, 0.5) is 5.69 Å². The van der Waals surface area contributed by atoms with Gasteiger partial charge in [0.1, 0.15) is 0 Å². The van der Waals surface area contributed by atoms with E-state index in [0.717, 1.165) is 6.42 Å². The van der Waals surface area contributed by atoms with Gasteiger partial charge in [0.25, 0.3) is 11.6 Å². The predicted molar refractivity (Wildman–Crippen MR) is 94.6 cm³/mol. The molecular formula is C17H23N5O3. The Balaban J connectivity index is 2.19. The molecular weight excluding hydrogens is 322 g/mol. The lowest BCUT2D eigenvalue weighted by atomic mass is 9.90. The zero-order valence-electron chi connectivity index (χ0n) is 14.6. The van der Waals surface area contributed by atoms with E-state index in [1.165, 1.54) is 16.8 Å². The Labute approximate surface area is 146 Å². The van der Waals surface area contributed by atoms with E-state index < -0.39 is 10.5 Å². The number of amides is 1. The molecule has 1 atom stereocenters. The summed E-state index contributed by atoms with van der Waals surface area (Å²) in [6.07, 6.45) is 2.34. The third-order valence-electron chi connectivity index (χ3n) is 3.85. The van der Waals surface area contributed by atoms with Gasteiger partial charge in [0, 0.05) is 24.9 Å². The minimum absolute atomic E-state index is 0.0355. The van der Waals surface area contributed by atoms with Crippen molar-refractivity contribution in [2.75, 3.05) is 6.54 Å². The van der Waals surface area contributed by atoms with Gasteiger partial charge in [-0.25, -0.2) is 4.68 Å². The highest BCUT2D eigenvalue weighted by molar-refractivity contribution is 5.92. The number of aromatic nitrogens is 2. The third kappa shape index (κ3) is 4.63. The first-order valence-corrected chi connectivity index (χ1v) is 8.07. The molecule has 25 heavy (non-hydrogen) atoms. The van der Waals surface area contributed by atoms with Crippen LogP contribution in [-0.4, -0.2) is 32.7 Å². The molecule has 1 aromatic heterocycles. The van der Waals surface area contributed by atoms with Crippen LogP contribution < -0.4 is 11.1 Å². The number of benzene rings is 1. The highest BCUT2D eigenvalue weighted by Crippen LogP contribution is 2.18. The zero-order valence-corrected chi connectivity index (χ0v) is 14.6. The Morgan fingerprint density at radius 1 is 1.44 bits per heavy atom. The number of nitrogens with zero attached hydrogens (tertiary/aromatic N) is 3. The van der Waals surface area contributed by atoms with Gasteiger partial charge < -0.3 is 11.1 Å². The SMILES string of the molecule is CC(C)CC(C)(CN)NC(=O)c1ccn(-c2cccc([N+](=O)[O-])c2)n1. The highest BCUT2D eigenvalue weighted by Gasteiger charge is 2.27. The number of non-ortho nitro benzene ring substituents is 1. The van der Waals surface area contributed by atoms with Crippen molar-refractivity contribution in [3.63, 3.8) is 0 Å². The summed E-state index contributed by atoms with van der Waals surface area (Å²) in [4.78, 5) is 22.9. The topological polar surface area (TPSA) is 116 Å². The number of nitrogens with two attached hydrogens (primary N) is 1. The molecule has 2 rings (SSSR count). The molecule has 3 N–H and O–H groups in total. The lowest BCUT2D eigenvalue weighted by Gasteiger charge is -2.30. The highest BCUT2D eigenvalue weighted by atomic mass is 16.6. The molecule has 0 aliphatic heterocycles. The average Bonchev–Trinajstić information content (AvgIpc) is 3.04. The maximum Gasteiger partial charge on any atom is 0.272 e. The second kappa shape index (κ2) is 7.43. The standard InChI is InChI=1S/C17H23N5O3/c1-12(2)10-17(3,11-18)19-16(23)15-7-8-21(20-15)13-5-4-6-14(9-13)22(24)25/h4-9,12H,10-11,18H2,1-3H3,(H,19,23). The quantitative estimate of drug-likeness (QED) is 0.590. The summed E-state index contributed by atoms with van der Waals surface area (Å²) in [5, 5.41) is 18.0. The second-order valence-corrected chi connectivity index (χ2v) is 6.74. The van der Waals surface area contributed by atoms with Crippen LogP contribution in [0, 0.1) is 16.0 Å². The van der Waals surface area contributed by atoms with Gasteiger partial charge in [-0.2, -0.15) is 5.10 Å². The Morgan fingerprint density at radius 2 is 2.16 bits per heavy atom. The molecule has 134 valence electrons. The van der Waals surface area contributed by atoms with E-state index in [4.69, 9.17) is 5.73 Å². The van der Waals surface area contributed by atoms with E-state index >= 15 is 0 Å². The maximum atomic E-state index is 12.5. The van der Waals surface area contributed by atoms with E-state index in [-0.39, 0.29) is 17.3 Å². The first-order valence-electron chi connectivity index (χ1n) is 8.07. The maximum absolute atomic E-state index is 12.5. The van der Waals surface area contributed by atoms with Crippen molar-refractivity contribution in [2.24, 2.45) is 11.7 Å². The molecule has 1 aromatic carbocycles. The fourth-order valence-corrected chi connectivity index (χ4v) is 2.76. The summed E-state index contributed by atoms with van der Waals surface area (Å²) < 4.78 is 1.43. The molecule has 0 saturated heterocycles. The summed E-state index contributed by atoms with van der Waals surface area (Å²) in [6, 6.07) is 7.63. The van der Waals surface area contributed by atoms with Crippen LogP contribution in [0.1, 0.15) is 37.7 Å². The van der Waals surface area contributed by atoms with Crippen molar-refractivity contribution in [1.29, 1.82) is 0 Å². The van der Waals surface area contributed by atoms with Gasteiger partial charge in [0.05, 0.1) is 16.1 Å². The van der Waals surface area contributed by atoms with Crippen molar-refractivity contribution in [2.45, 2.75) is 32.7 Å². The van der Waals surface area contributed by atoms with Gasteiger partial charge in [-0.1, -0.05) is 19.9 Å². The summed E-state index contributed by atoms with van der Waals surface area (Å²) in [5.41, 5.74) is 6.01. The Bertz CT molecular complexity index is 771. The van der Waals surface area contributed by atoms with Crippen molar-refractivity contribution in [3.05, 3.63) is 52.3 Å². The summed E-state index contributed by atoms with van der Waals surface area (Å²) in [7, 11) is 0. The number of nitro benzene ring substituents is 1. The molecule has 0 saturated carbocycles. The molecule has 0 fully saturated rings. The zero-order chi connectivity index (χ0) is 18.6. The van der Waals surface area contributed by atoms with Crippen LogP contribution in [0.2, 0.25) is 0 Å². The van der Waals surface area contributed by atoms with Crippen LogP contribution in [-0.2, 0) is 0 Å². The molecule has 8 heteroatoms. The van der Waals surface area contributed by atoms with E-state index in [9.17, 15) is 14.9 Å². The molecule has 0 aliphatic rings. The molecule has 1 amide bonds. The molecule has 2 aromatic rings. The van der Waals surface area contributed by atoms with Gasteiger partial charge in [-0.15, -0.1) is 0 Å². The van der Waals surface area contributed by atoms with Crippen LogP contribution in [0.25, 0.3) is 5.69 Å². The largest absolute Gasteiger partial charge is 0.344 e. The van der Waals surface area contributed by atoms with Crippen LogP contribution in [0.3, 0.4) is 0 Å². The molecule has 1 unspecified atom stereocenters. The molecule has 8 nitrogen and oxygen atoms in total. The molecule has 1 heterocycles. The fourth-order valence-electron chi connectivity index (χ4n) is 2.76. The fraction of sp³-hybridized carbons (Fsp3) is 0.412. The van der Waals surface area contributed by atoms with Crippen molar-refractivity contribution < 1.29 is 9.72 Å². The first kappa shape index (κ1) is 18.6. The third-order valence-corrected chi connectivity index (χ3v) is 3.85. The van der Waals surface area contributed by atoms with Gasteiger partial charge in [0.2, 0.25) is 0 Å². The monoisotopic (exact) mass is 345 g/mol. The van der Waals surface area contributed by atoms with E-state index in [0.29, 0.717) is 18.2 Å². The molecule has 0 spiro atoms. The predicted octanol–water partition coefficient (Wildman–Crippen LogP) is 2.27. The molecule has 0 aliphatic carbocycles. The average molecular weight is 345 g/mol. The van der Waals surface area contributed by atoms with Crippen LogP contribution >= 0.6 is 0 Å². The lowest BCUT2D eigenvalue weighted by Crippen LogP contribution is -2.52. The Hall–Kier alpha value is -2.74. The van der Waals surface area contributed by atoms with Gasteiger partial charge >= 0.3 is 0 Å². The van der Waals surface area contributed by atoms with Crippen LogP contribution in [0.5, 0.6) is 0 Å². The number of hydrogen-bond acceptors (Lipinski definition) is 5. The second-order valence-electron chi connectivity index (χ2n) is 6.74. The molecule has 0 bridgehead atoms. The number of carbonyl (C=O) groups excluding carboxylic acids is 1. The number of nitrogens with one attached hydrogen (secondary N) is 1. The van der Waals surface area contributed by atoms with Crippen molar-refractivity contribution in [3.8, 4) is 5.69 Å². The minimum atomic E-state index is -0.513. The number of nitro groups is 1. The molecule has 0 radical (unpaired) electrons. The normalized spacial score (nSPS) is 13.5. The van der Waals surface area contributed by atoms with E-state index in [1.54, 1.807) is 24.4 Å². The summed E-state index contributed by atoms with van der Waals surface area (Å²) >= 11 is 0. The smallest absolute Gasteiger partial charge is 0.272 e. The van der Waals surface area contributed by atoms with Gasteiger partial charge in [0.15, 0.2) is 5.69 Å². The van der Waals surface area contributed by atoms with Gasteiger partial charge in [-0.05, 0) is 31.4 Å². The first-order chi connectivity index (χ1) is 11.7. The number of hydrogen-bond donors (Lipinski definition) is 2. The Morgan fingerprint density at radius 3 is 2.76 bits per heavy atom. The number of carbonyl (C=O) groups is 1.